The smallest absolute Gasteiger partial charge is 0.333 e. The van der Waals surface area contributed by atoms with E-state index in [0.717, 1.165) is 0 Å². The summed E-state index contributed by atoms with van der Waals surface area (Å²) in [5, 5.41) is 20.8. The van der Waals surface area contributed by atoms with Gasteiger partial charge in [0.2, 0.25) is 0 Å². The molecule has 5 fully saturated rings. The minimum absolute atomic E-state index is 0.0451. The predicted octanol–water partition coefficient (Wildman–Crippen LogP) is 2.90. The first-order valence-electron chi connectivity index (χ1n) is 16.5. The number of carbonyl (C=O) groups is 4. The maximum atomic E-state index is 14.2. The molecule has 2 N–H and O–H groups in total. The molecule has 5 aliphatic rings. The molecule has 46 heavy (non-hydrogen) atoms. The van der Waals surface area contributed by atoms with Gasteiger partial charge >= 0.3 is 23.9 Å². The number of fused-ring (bicyclic) bond motifs is 4. The lowest BCUT2D eigenvalue weighted by Gasteiger charge is -2.55. The van der Waals surface area contributed by atoms with Crippen LogP contribution in [0.1, 0.15) is 70.8 Å². The van der Waals surface area contributed by atoms with E-state index in [9.17, 15) is 29.4 Å². The van der Waals surface area contributed by atoms with Crippen molar-refractivity contribution < 1.29 is 43.6 Å². The van der Waals surface area contributed by atoms with Gasteiger partial charge in [0.1, 0.15) is 18.3 Å². The van der Waals surface area contributed by atoms with Gasteiger partial charge in [-0.25, -0.2) is 4.79 Å². The number of carboxylic acids is 1. The van der Waals surface area contributed by atoms with Crippen molar-refractivity contribution in [2.75, 3.05) is 14.1 Å². The number of esters is 3. The molecule has 1 aromatic carbocycles. The molecule has 4 bridgehead atoms. The van der Waals surface area contributed by atoms with E-state index in [1.165, 1.54) is 6.92 Å². The van der Waals surface area contributed by atoms with Crippen molar-refractivity contribution in [2.24, 2.45) is 17.3 Å². The highest BCUT2D eigenvalue weighted by Crippen LogP contribution is 2.62. The van der Waals surface area contributed by atoms with Gasteiger partial charge in [0.15, 0.2) is 0 Å². The molecule has 1 aromatic rings. The molecule has 0 spiro atoms. The SMILES string of the molecule is C/C=C(/C)C(=O)O[C@@H]1C[C@@H]2C[C@@H](OC(=O)[C@H]3[C@H](c4ccccc4)[C@H](C(=O)O)[C@]3(C)C(=O)O[C@@H]3C[C@@H]4C[C@H](O)C[C@H]3N4C)C[C@H]1N2C. The highest BCUT2D eigenvalue weighted by Gasteiger charge is 2.71. The third-order valence-electron chi connectivity index (χ3n) is 11.9. The maximum absolute atomic E-state index is 14.2. The summed E-state index contributed by atoms with van der Waals surface area (Å²) < 4.78 is 18.1. The van der Waals surface area contributed by atoms with Gasteiger partial charge < -0.3 is 24.4 Å². The monoisotopic (exact) mass is 638 g/mol. The van der Waals surface area contributed by atoms with Gasteiger partial charge in [0.05, 0.1) is 29.4 Å². The molecule has 0 unspecified atom stereocenters. The van der Waals surface area contributed by atoms with Crippen LogP contribution in [0.2, 0.25) is 0 Å². The minimum atomic E-state index is -1.66. The zero-order valence-electron chi connectivity index (χ0n) is 27.2. The average molecular weight is 639 g/mol. The second-order valence-corrected chi connectivity index (χ2v) is 14.3. The van der Waals surface area contributed by atoms with Gasteiger partial charge in [-0.15, -0.1) is 0 Å². The topological polar surface area (TPSA) is 143 Å². The van der Waals surface area contributed by atoms with E-state index in [-0.39, 0.29) is 36.2 Å². The lowest BCUT2D eigenvalue weighted by Crippen LogP contribution is -2.65. The van der Waals surface area contributed by atoms with Gasteiger partial charge in [0.25, 0.3) is 0 Å². The van der Waals surface area contributed by atoms with Gasteiger partial charge in [-0.3, -0.25) is 24.2 Å². The van der Waals surface area contributed by atoms with Crippen LogP contribution in [0.25, 0.3) is 0 Å². The number of nitrogens with zero attached hydrogens (tertiary/aromatic N) is 2. The van der Waals surface area contributed by atoms with Crippen LogP contribution < -0.4 is 0 Å². The van der Waals surface area contributed by atoms with Crippen molar-refractivity contribution in [3.05, 3.63) is 47.5 Å². The number of ether oxygens (including phenoxy) is 3. The fourth-order valence-electron chi connectivity index (χ4n) is 9.10. The van der Waals surface area contributed by atoms with Crippen LogP contribution in [-0.4, -0.2) is 107 Å². The quantitative estimate of drug-likeness (QED) is 0.247. The molecule has 12 atom stereocenters. The van der Waals surface area contributed by atoms with Crippen molar-refractivity contribution in [1.29, 1.82) is 0 Å². The molecule has 11 heteroatoms. The Morgan fingerprint density at radius 2 is 1.46 bits per heavy atom. The minimum Gasteiger partial charge on any atom is -0.481 e. The molecule has 250 valence electrons. The molecule has 1 aliphatic carbocycles. The second-order valence-electron chi connectivity index (χ2n) is 14.3. The van der Waals surface area contributed by atoms with Crippen LogP contribution >= 0.6 is 0 Å². The third-order valence-corrected chi connectivity index (χ3v) is 11.9. The average Bonchev–Trinajstić information content (AvgIpc) is 3.27. The van der Waals surface area contributed by atoms with E-state index in [4.69, 9.17) is 14.2 Å². The standard InChI is InChI=1S/C35H46N2O9/c1-6-18(2)32(41)45-26-15-21-13-23(17-25(26)37(21)5)44-33(42)30-28(19-10-8-7-9-11-19)29(31(39)40)35(30,3)34(43)46-27-14-20-12-22(38)16-24(27)36(20)4/h6-11,20-30,38H,12-17H2,1-5H3,(H,39,40)/b18-6-/t20-,21-,22-,23+,24+,25+,26+,27+,28+,29+,30+,35-/m0/s1. The molecule has 1 saturated carbocycles. The van der Waals surface area contributed by atoms with E-state index in [1.54, 1.807) is 44.2 Å². The van der Waals surface area contributed by atoms with E-state index < -0.39 is 59.4 Å². The summed E-state index contributed by atoms with van der Waals surface area (Å²) in [5.74, 6) is -5.92. The van der Waals surface area contributed by atoms with Crippen molar-refractivity contribution >= 4 is 23.9 Å². The third kappa shape index (κ3) is 5.44. The Labute approximate surface area is 269 Å². The molecule has 11 nitrogen and oxygen atoms in total. The fourth-order valence-corrected chi connectivity index (χ4v) is 9.10. The summed E-state index contributed by atoms with van der Waals surface area (Å²) >= 11 is 0. The van der Waals surface area contributed by atoms with E-state index >= 15 is 0 Å². The number of carboxylic acid groups (broad SMARTS) is 1. The summed E-state index contributed by atoms with van der Waals surface area (Å²) in [4.78, 5) is 58.0. The van der Waals surface area contributed by atoms with Crippen LogP contribution in [0.3, 0.4) is 0 Å². The van der Waals surface area contributed by atoms with Gasteiger partial charge in [0, 0.05) is 55.3 Å². The summed E-state index contributed by atoms with van der Waals surface area (Å²) in [6.07, 6.45) is 3.15. The van der Waals surface area contributed by atoms with Crippen LogP contribution in [0.5, 0.6) is 0 Å². The number of likely N-dealkylation sites (N-methyl/N-ethyl adjacent to an activating group) is 2. The van der Waals surface area contributed by atoms with E-state index in [0.29, 0.717) is 49.7 Å². The zero-order chi connectivity index (χ0) is 33.1. The van der Waals surface area contributed by atoms with Crippen LogP contribution in [0.15, 0.2) is 42.0 Å². The molecular formula is C35H46N2O9. The Morgan fingerprint density at radius 3 is 2.09 bits per heavy atom. The summed E-state index contributed by atoms with van der Waals surface area (Å²) in [6, 6.07) is 8.76. The van der Waals surface area contributed by atoms with Crippen molar-refractivity contribution in [3.63, 3.8) is 0 Å². The summed E-state index contributed by atoms with van der Waals surface area (Å²) in [6.45, 7) is 5.03. The van der Waals surface area contributed by atoms with Crippen LogP contribution in [0, 0.1) is 17.3 Å². The highest BCUT2D eigenvalue weighted by atomic mass is 16.6. The molecule has 4 saturated heterocycles. The first-order valence-corrected chi connectivity index (χ1v) is 16.5. The first-order chi connectivity index (χ1) is 21.8. The predicted molar refractivity (Wildman–Crippen MR) is 165 cm³/mol. The number of hydrogen-bond acceptors (Lipinski definition) is 10. The lowest BCUT2D eigenvalue weighted by molar-refractivity contribution is -0.207. The lowest BCUT2D eigenvalue weighted by atomic mass is 9.45. The van der Waals surface area contributed by atoms with Gasteiger partial charge in [-0.2, -0.15) is 0 Å². The van der Waals surface area contributed by atoms with E-state index in [1.807, 2.05) is 20.2 Å². The molecule has 6 rings (SSSR count). The van der Waals surface area contributed by atoms with Crippen molar-refractivity contribution in [1.82, 2.24) is 9.80 Å². The first kappa shape index (κ1) is 32.7. The Hall–Kier alpha value is -3.28. The zero-order valence-corrected chi connectivity index (χ0v) is 27.2. The molecule has 0 radical (unpaired) electrons. The Bertz CT molecular complexity index is 1400. The summed E-state index contributed by atoms with van der Waals surface area (Å²) in [7, 11) is 3.94. The number of rotatable bonds is 8. The molecular weight excluding hydrogens is 592 g/mol. The molecule has 4 heterocycles. The van der Waals surface area contributed by atoms with Gasteiger partial charge in [-0.1, -0.05) is 36.4 Å². The number of piperidine rings is 2. The number of aliphatic hydroxyl groups is 1. The molecule has 0 aromatic heterocycles. The Balaban J connectivity index is 1.23. The largest absolute Gasteiger partial charge is 0.481 e. The molecule has 4 aliphatic heterocycles. The normalized spacial score (nSPS) is 40.6. The highest BCUT2D eigenvalue weighted by molar-refractivity contribution is 5.95. The van der Waals surface area contributed by atoms with E-state index in [2.05, 4.69) is 9.80 Å². The fraction of sp³-hybridized carbons (Fsp3) is 0.657. The number of allylic oxidation sites excluding steroid dienone is 1. The van der Waals surface area contributed by atoms with Crippen LogP contribution in [-0.2, 0) is 33.4 Å². The Morgan fingerprint density at radius 1 is 0.848 bits per heavy atom. The summed E-state index contributed by atoms with van der Waals surface area (Å²) in [5.41, 5.74) is -0.479. The van der Waals surface area contributed by atoms with Crippen LogP contribution in [0.4, 0.5) is 0 Å². The second kappa shape index (κ2) is 12.4. The number of hydrogen-bond donors (Lipinski definition) is 2. The van der Waals surface area contributed by atoms with Gasteiger partial charge in [-0.05, 0) is 53.3 Å². The number of aliphatic carboxylic acids is 1. The van der Waals surface area contributed by atoms with Crippen molar-refractivity contribution in [2.45, 2.75) is 114 Å². The number of carbonyl (C=O) groups excluding carboxylic acids is 3. The number of benzene rings is 1. The van der Waals surface area contributed by atoms with Crippen molar-refractivity contribution in [3.8, 4) is 0 Å². The number of aliphatic hydroxyl groups excluding tert-OH is 1. The maximum Gasteiger partial charge on any atom is 0.333 e. The molecule has 0 amide bonds. The Kier molecular flexibility index (Phi) is 8.80.